The van der Waals surface area contributed by atoms with Crippen LogP contribution in [-0.4, -0.2) is 58.0 Å². The number of carbonyl (C=O) groups is 1. The quantitative estimate of drug-likeness (QED) is 0.791. The monoisotopic (exact) mass is 280 g/mol. The Hall–Kier alpha value is -0.770. The molecule has 0 aliphatic carbocycles. The number of nitriles is 1. The Bertz CT molecular complexity index is 417. The summed E-state index contributed by atoms with van der Waals surface area (Å²) >= 11 is 1.70. The number of fused-ring (bicyclic) bond motifs is 1. The van der Waals surface area contributed by atoms with Crippen LogP contribution in [-0.2, 0) is 4.79 Å². The molecule has 0 aromatic heterocycles. The third-order valence-electron chi connectivity index (χ3n) is 4.40. The van der Waals surface area contributed by atoms with Gasteiger partial charge in [-0.05, 0) is 25.9 Å². The Balaban J connectivity index is 1.71. The minimum Gasteiger partial charge on any atom is -0.316 e. The topological polar surface area (TPSA) is 73.4 Å². The van der Waals surface area contributed by atoms with Crippen LogP contribution >= 0.6 is 11.8 Å². The first-order valence-corrected chi connectivity index (χ1v) is 8.04. The number of hydrogen-bond donors (Lipinski definition) is 1. The van der Waals surface area contributed by atoms with Crippen LogP contribution in [0.4, 0.5) is 0 Å². The number of thioether (sulfide) groups is 1. The average Bonchev–Trinajstić information content (AvgIpc) is 2.90. The summed E-state index contributed by atoms with van der Waals surface area (Å²) in [5.74, 6) is 0.715. The molecule has 3 fully saturated rings. The second kappa shape index (κ2) is 4.97. The molecule has 0 spiro atoms. The van der Waals surface area contributed by atoms with Crippen molar-refractivity contribution < 1.29 is 4.79 Å². The van der Waals surface area contributed by atoms with E-state index in [0.717, 1.165) is 18.8 Å². The fourth-order valence-corrected chi connectivity index (χ4v) is 4.86. The lowest BCUT2D eigenvalue weighted by Crippen LogP contribution is -2.57. The molecule has 0 aromatic rings. The van der Waals surface area contributed by atoms with Crippen molar-refractivity contribution in [2.45, 2.75) is 42.6 Å². The second-order valence-corrected chi connectivity index (χ2v) is 7.05. The fourth-order valence-electron chi connectivity index (χ4n) is 3.40. The molecule has 0 aromatic carbocycles. The number of piperidine rings is 1. The Morgan fingerprint density at radius 3 is 2.84 bits per heavy atom. The van der Waals surface area contributed by atoms with Gasteiger partial charge in [0.1, 0.15) is 11.6 Å². The summed E-state index contributed by atoms with van der Waals surface area (Å²) in [7, 11) is 0. The van der Waals surface area contributed by atoms with E-state index in [0.29, 0.717) is 13.0 Å². The smallest absolute Gasteiger partial charge is 0.246 e. The minimum absolute atomic E-state index is 0.0142. The number of nitrogens with two attached hydrogens (primary N) is 1. The van der Waals surface area contributed by atoms with Gasteiger partial charge >= 0.3 is 0 Å². The van der Waals surface area contributed by atoms with Gasteiger partial charge in [-0.2, -0.15) is 5.26 Å². The first kappa shape index (κ1) is 13.2. The third-order valence-corrected chi connectivity index (χ3v) is 5.68. The van der Waals surface area contributed by atoms with E-state index in [4.69, 9.17) is 11.0 Å². The van der Waals surface area contributed by atoms with E-state index >= 15 is 0 Å². The lowest BCUT2D eigenvalue weighted by atomic mass is 9.97. The SMILES string of the molecule is N#C[C@@H]1CS[C@@H]2C[C@](N)(CN3CCCCC3)C(=O)N12. The van der Waals surface area contributed by atoms with Crippen molar-refractivity contribution in [1.29, 1.82) is 5.26 Å². The molecule has 0 radical (unpaired) electrons. The Labute approximate surface area is 118 Å². The average molecular weight is 280 g/mol. The van der Waals surface area contributed by atoms with E-state index in [-0.39, 0.29) is 17.3 Å². The summed E-state index contributed by atoms with van der Waals surface area (Å²) in [6.07, 6.45) is 4.37. The van der Waals surface area contributed by atoms with Crippen molar-refractivity contribution in [1.82, 2.24) is 9.80 Å². The highest BCUT2D eigenvalue weighted by atomic mass is 32.2. The lowest BCUT2D eigenvalue weighted by molar-refractivity contribution is -0.133. The van der Waals surface area contributed by atoms with Crippen LogP contribution in [0, 0.1) is 11.3 Å². The molecule has 19 heavy (non-hydrogen) atoms. The lowest BCUT2D eigenvalue weighted by Gasteiger charge is -2.33. The van der Waals surface area contributed by atoms with Crippen molar-refractivity contribution in [2.24, 2.45) is 5.73 Å². The highest BCUT2D eigenvalue weighted by molar-refractivity contribution is 8.00. The van der Waals surface area contributed by atoms with E-state index in [2.05, 4.69) is 11.0 Å². The van der Waals surface area contributed by atoms with Gasteiger partial charge in [-0.3, -0.25) is 4.79 Å². The molecule has 0 saturated carbocycles. The molecule has 3 saturated heterocycles. The van der Waals surface area contributed by atoms with Crippen LogP contribution < -0.4 is 5.73 Å². The van der Waals surface area contributed by atoms with Gasteiger partial charge in [0.05, 0.1) is 11.4 Å². The maximum Gasteiger partial charge on any atom is 0.246 e. The molecule has 3 aliphatic rings. The van der Waals surface area contributed by atoms with E-state index in [9.17, 15) is 4.79 Å². The second-order valence-electron chi connectivity index (χ2n) is 5.84. The van der Waals surface area contributed by atoms with Crippen LogP contribution in [0.1, 0.15) is 25.7 Å². The molecule has 2 N–H and O–H groups in total. The molecule has 104 valence electrons. The van der Waals surface area contributed by atoms with Gasteiger partial charge in [0.2, 0.25) is 5.91 Å². The number of nitrogens with zero attached hydrogens (tertiary/aromatic N) is 3. The number of hydrogen-bond acceptors (Lipinski definition) is 5. The zero-order valence-corrected chi connectivity index (χ0v) is 11.9. The van der Waals surface area contributed by atoms with Gasteiger partial charge in [-0.1, -0.05) is 6.42 Å². The summed E-state index contributed by atoms with van der Waals surface area (Å²) < 4.78 is 0. The van der Waals surface area contributed by atoms with Crippen LogP contribution in [0.25, 0.3) is 0 Å². The van der Waals surface area contributed by atoms with Crippen molar-refractivity contribution in [3.63, 3.8) is 0 Å². The highest BCUT2D eigenvalue weighted by Crippen LogP contribution is 2.41. The summed E-state index contributed by atoms with van der Waals surface area (Å²) in [4.78, 5) is 16.6. The van der Waals surface area contributed by atoms with Gasteiger partial charge in [-0.25, -0.2) is 0 Å². The molecule has 3 heterocycles. The first-order chi connectivity index (χ1) is 9.14. The summed E-state index contributed by atoms with van der Waals surface area (Å²) in [5, 5.41) is 9.23. The molecular formula is C13H20N4OS. The molecule has 0 unspecified atom stereocenters. The molecule has 0 bridgehead atoms. The Morgan fingerprint density at radius 1 is 1.42 bits per heavy atom. The standard InChI is InChI=1S/C13H20N4OS/c14-7-10-8-19-11-6-13(15,12(18)17(10)11)9-16-4-2-1-3-5-16/h10-11H,1-6,8-9,15H2/t10-,11-,13+/m1/s1. The molecule has 3 aliphatic heterocycles. The van der Waals surface area contributed by atoms with Gasteiger partial charge in [0.15, 0.2) is 0 Å². The normalized spacial score (nSPS) is 39.4. The molecule has 3 atom stereocenters. The number of carbonyl (C=O) groups excluding carboxylic acids is 1. The van der Waals surface area contributed by atoms with E-state index in [1.54, 1.807) is 16.7 Å². The van der Waals surface area contributed by atoms with Gasteiger partial charge in [0.25, 0.3) is 0 Å². The first-order valence-electron chi connectivity index (χ1n) is 6.99. The third kappa shape index (κ3) is 2.24. The van der Waals surface area contributed by atoms with E-state index < -0.39 is 5.54 Å². The summed E-state index contributed by atoms with van der Waals surface area (Å²) in [5.41, 5.74) is 5.61. The maximum absolute atomic E-state index is 12.6. The Morgan fingerprint density at radius 2 is 2.16 bits per heavy atom. The molecule has 6 heteroatoms. The maximum atomic E-state index is 12.6. The van der Waals surface area contributed by atoms with Crippen LogP contribution in [0.3, 0.4) is 0 Å². The Kier molecular flexibility index (Phi) is 3.46. The van der Waals surface area contributed by atoms with E-state index in [1.165, 1.54) is 19.3 Å². The summed E-state index contributed by atoms with van der Waals surface area (Å²) in [6.45, 7) is 2.75. The predicted molar refractivity (Wildman–Crippen MR) is 74.3 cm³/mol. The van der Waals surface area contributed by atoms with Crippen molar-refractivity contribution in [2.75, 3.05) is 25.4 Å². The van der Waals surface area contributed by atoms with Crippen LogP contribution in [0.2, 0.25) is 0 Å². The fraction of sp³-hybridized carbons (Fsp3) is 0.846. The minimum atomic E-state index is -0.773. The van der Waals surface area contributed by atoms with Crippen molar-refractivity contribution in [3.05, 3.63) is 0 Å². The predicted octanol–water partition coefficient (Wildman–Crippen LogP) is 0.367. The van der Waals surface area contributed by atoms with Gasteiger partial charge in [0, 0.05) is 18.7 Å². The van der Waals surface area contributed by atoms with Gasteiger partial charge in [-0.15, -0.1) is 11.8 Å². The van der Waals surface area contributed by atoms with Gasteiger partial charge < -0.3 is 15.5 Å². The highest BCUT2D eigenvalue weighted by Gasteiger charge is 2.55. The van der Waals surface area contributed by atoms with Crippen molar-refractivity contribution >= 4 is 17.7 Å². The molecule has 1 amide bonds. The van der Waals surface area contributed by atoms with E-state index in [1.807, 2.05) is 0 Å². The number of amides is 1. The largest absolute Gasteiger partial charge is 0.316 e. The number of likely N-dealkylation sites (tertiary alicyclic amines) is 1. The van der Waals surface area contributed by atoms with Crippen LogP contribution in [0.15, 0.2) is 0 Å². The molecule has 5 nitrogen and oxygen atoms in total. The zero-order valence-electron chi connectivity index (χ0n) is 11.0. The molecule has 3 rings (SSSR count). The van der Waals surface area contributed by atoms with Crippen molar-refractivity contribution in [3.8, 4) is 6.07 Å². The zero-order chi connectivity index (χ0) is 13.5. The number of rotatable bonds is 2. The summed E-state index contributed by atoms with van der Waals surface area (Å²) in [6, 6.07) is 1.94. The van der Waals surface area contributed by atoms with Crippen LogP contribution in [0.5, 0.6) is 0 Å². The molecular weight excluding hydrogens is 260 g/mol.